The highest BCUT2D eigenvalue weighted by Gasteiger charge is 2.18. The van der Waals surface area contributed by atoms with Gasteiger partial charge in [-0.25, -0.2) is 0 Å². The number of benzene rings is 1. The SMILES string of the molecule is CCc1noc([C@H](C)N[C@@H](C)c2ccc(Cl)cc2Cl)n1. The Labute approximate surface area is 128 Å². The minimum absolute atomic E-state index is 0.0479. The fourth-order valence-electron chi connectivity index (χ4n) is 1.98. The molecule has 0 unspecified atom stereocenters. The average molecular weight is 314 g/mol. The summed E-state index contributed by atoms with van der Waals surface area (Å²) < 4.78 is 5.23. The third kappa shape index (κ3) is 3.51. The summed E-state index contributed by atoms with van der Waals surface area (Å²) in [6, 6.07) is 5.48. The van der Waals surface area contributed by atoms with E-state index in [9.17, 15) is 0 Å². The van der Waals surface area contributed by atoms with E-state index in [2.05, 4.69) is 15.5 Å². The van der Waals surface area contributed by atoms with Crippen LogP contribution in [0, 0.1) is 0 Å². The highest BCUT2D eigenvalue weighted by molar-refractivity contribution is 6.35. The maximum absolute atomic E-state index is 6.20. The van der Waals surface area contributed by atoms with Gasteiger partial charge in [0.1, 0.15) is 0 Å². The summed E-state index contributed by atoms with van der Waals surface area (Å²) in [5.41, 5.74) is 0.984. The summed E-state index contributed by atoms with van der Waals surface area (Å²) in [6.45, 7) is 6.00. The second kappa shape index (κ2) is 6.57. The monoisotopic (exact) mass is 313 g/mol. The van der Waals surface area contributed by atoms with Crippen molar-refractivity contribution >= 4 is 23.2 Å². The summed E-state index contributed by atoms with van der Waals surface area (Å²) in [4.78, 5) is 4.32. The fourth-order valence-corrected chi connectivity index (χ4v) is 2.55. The number of hydrogen-bond donors (Lipinski definition) is 1. The predicted molar refractivity (Wildman–Crippen MR) is 80.1 cm³/mol. The molecule has 0 aliphatic rings. The molecule has 0 fully saturated rings. The van der Waals surface area contributed by atoms with E-state index >= 15 is 0 Å². The second-order valence-electron chi connectivity index (χ2n) is 4.68. The molecule has 4 nitrogen and oxygen atoms in total. The topological polar surface area (TPSA) is 51.0 Å². The van der Waals surface area contributed by atoms with Crippen LogP contribution in [-0.2, 0) is 6.42 Å². The van der Waals surface area contributed by atoms with Crippen molar-refractivity contribution in [3.8, 4) is 0 Å². The van der Waals surface area contributed by atoms with E-state index in [1.165, 1.54) is 0 Å². The van der Waals surface area contributed by atoms with Crippen molar-refractivity contribution in [2.45, 2.75) is 39.3 Å². The zero-order valence-corrected chi connectivity index (χ0v) is 13.2. The third-order valence-electron chi connectivity index (χ3n) is 3.10. The first-order chi connectivity index (χ1) is 9.51. The van der Waals surface area contributed by atoms with E-state index in [0.29, 0.717) is 21.8 Å². The summed E-state index contributed by atoms with van der Waals surface area (Å²) in [5, 5.41) is 8.55. The maximum Gasteiger partial charge on any atom is 0.243 e. The predicted octanol–water partition coefficient (Wildman–Crippen LogP) is 4.35. The Morgan fingerprint density at radius 3 is 2.60 bits per heavy atom. The molecule has 1 heterocycles. The first-order valence-electron chi connectivity index (χ1n) is 6.54. The van der Waals surface area contributed by atoms with Gasteiger partial charge in [-0.05, 0) is 31.5 Å². The van der Waals surface area contributed by atoms with Crippen LogP contribution in [0.2, 0.25) is 10.0 Å². The lowest BCUT2D eigenvalue weighted by atomic mass is 10.1. The standard InChI is InChI=1S/C14H17Cl2N3O/c1-4-13-18-14(20-19-13)9(3)17-8(2)11-6-5-10(15)7-12(11)16/h5-9,17H,4H2,1-3H3/t8-,9-/m0/s1. The molecule has 2 atom stereocenters. The lowest BCUT2D eigenvalue weighted by Crippen LogP contribution is -2.23. The van der Waals surface area contributed by atoms with Crippen molar-refractivity contribution in [2.75, 3.05) is 0 Å². The van der Waals surface area contributed by atoms with Crippen LogP contribution in [-0.4, -0.2) is 10.1 Å². The van der Waals surface area contributed by atoms with Crippen LogP contribution in [0.3, 0.4) is 0 Å². The Bertz CT molecular complexity index is 586. The van der Waals surface area contributed by atoms with Gasteiger partial charge in [-0.3, -0.25) is 5.32 Å². The summed E-state index contributed by atoms with van der Waals surface area (Å²) in [5.74, 6) is 1.30. The first-order valence-corrected chi connectivity index (χ1v) is 7.30. The van der Waals surface area contributed by atoms with E-state index in [1.54, 1.807) is 6.07 Å². The Kier molecular flexibility index (Phi) is 5.02. The zero-order chi connectivity index (χ0) is 14.7. The third-order valence-corrected chi connectivity index (χ3v) is 3.66. The van der Waals surface area contributed by atoms with Crippen molar-refractivity contribution < 1.29 is 4.52 Å². The van der Waals surface area contributed by atoms with Crippen LogP contribution in [0.25, 0.3) is 0 Å². The molecule has 0 radical (unpaired) electrons. The minimum Gasteiger partial charge on any atom is -0.338 e. The van der Waals surface area contributed by atoms with Crippen LogP contribution < -0.4 is 5.32 Å². The Morgan fingerprint density at radius 1 is 1.25 bits per heavy atom. The molecule has 108 valence electrons. The minimum atomic E-state index is -0.0513. The second-order valence-corrected chi connectivity index (χ2v) is 5.52. The van der Waals surface area contributed by atoms with Gasteiger partial charge in [0, 0.05) is 22.5 Å². The molecule has 0 amide bonds. The van der Waals surface area contributed by atoms with E-state index < -0.39 is 0 Å². The van der Waals surface area contributed by atoms with Crippen LogP contribution in [0.1, 0.15) is 50.1 Å². The van der Waals surface area contributed by atoms with Gasteiger partial charge in [-0.2, -0.15) is 4.98 Å². The number of hydrogen-bond acceptors (Lipinski definition) is 4. The molecule has 6 heteroatoms. The molecule has 0 saturated heterocycles. The zero-order valence-electron chi connectivity index (χ0n) is 11.7. The number of rotatable bonds is 5. The lowest BCUT2D eigenvalue weighted by molar-refractivity contribution is 0.325. The molecular formula is C14H17Cl2N3O. The molecule has 2 aromatic rings. The van der Waals surface area contributed by atoms with Crippen molar-refractivity contribution in [1.29, 1.82) is 0 Å². The number of aromatic nitrogens is 2. The molecule has 1 aromatic carbocycles. The highest BCUT2D eigenvalue weighted by atomic mass is 35.5. The first kappa shape index (κ1) is 15.3. The molecule has 0 saturated carbocycles. The molecule has 1 N–H and O–H groups in total. The Hall–Kier alpha value is -1.10. The highest BCUT2D eigenvalue weighted by Crippen LogP contribution is 2.27. The van der Waals surface area contributed by atoms with Gasteiger partial charge in [0.2, 0.25) is 5.89 Å². The molecule has 20 heavy (non-hydrogen) atoms. The maximum atomic E-state index is 6.20. The average Bonchev–Trinajstić information content (AvgIpc) is 2.87. The molecule has 2 rings (SSSR count). The normalized spacial score (nSPS) is 14.2. The smallest absolute Gasteiger partial charge is 0.243 e. The van der Waals surface area contributed by atoms with E-state index in [1.807, 2.05) is 32.9 Å². The van der Waals surface area contributed by atoms with E-state index in [4.69, 9.17) is 27.7 Å². The Balaban J connectivity index is 2.08. The molecule has 0 spiro atoms. The van der Waals surface area contributed by atoms with Gasteiger partial charge in [0.25, 0.3) is 0 Å². The van der Waals surface area contributed by atoms with Crippen molar-refractivity contribution in [3.63, 3.8) is 0 Å². The molecule has 1 aromatic heterocycles. The van der Waals surface area contributed by atoms with E-state index in [0.717, 1.165) is 12.0 Å². The Morgan fingerprint density at radius 2 is 2.00 bits per heavy atom. The van der Waals surface area contributed by atoms with Crippen LogP contribution in [0.5, 0.6) is 0 Å². The number of nitrogens with one attached hydrogen (secondary N) is 1. The van der Waals surface area contributed by atoms with Gasteiger partial charge in [0.15, 0.2) is 5.82 Å². The lowest BCUT2D eigenvalue weighted by Gasteiger charge is -2.19. The summed E-state index contributed by atoms with van der Waals surface area (Å²) in [6.07, 6.45) is 0.759. The largest absolute Gasteiger partial charge is 0.338 e. The molecule has 0 aliphatic carbocycles. The number of halogens is 2. The van der Waals surface area contributed by atoms with Crippen LogP contribution in [0.4, 0.5) is 0 Å². The molecule has 0 aliphatic heterocycles. The fraction of sp³-hybridized carbons (Fsp3) is 0.429. The summed E-state index contributed by atoms with van der Waals surface area (Å²) >= 11 is 12.1. The molecule has 0 bridgehead atoms. The van der Waals surface area contributed by atoms with Crippen molar-refractivity contribution in [1.82, 2.24) is 15.5 Å². The van der Waals surface area contributed by atoms with E-state index in [-0.39, 0.29) is 12.1 Å². The van der Waals surface area contributed by atoms with Gasteiger partial charge < -0.3 is 4.52 Å². The number of aryl methyl sites for hydroxylation is 1. The van der Waals surface area contributed by atoms with Gasteiger partial charge >= 0.3 is 0 Å². The molecular weight excluding hydrogens is 297 g/mol. The van der Waals surface area contributed by atoms with Crippen molar-refractivity contribution in [2.24, 2.45) is 0 Å². The van der Waals surface area contributed by atoms with Gasteiger partial charge in [-0.15, -0.1) is 0 Å². The van der Waals surface area contributed by atoms with Crippen LogP contribution >= 0.6 is 23.2 Å². The summed E-state index contributed by atoms with van der Waals surface area (Å²) in [7, 11) is 0. The number of nitrogens with zero attached hydrogens (tertiary/aromatic N) is 2. The van der Waals surface area contributed by atoms with Gasteiger partial charge in [0.05, 0.1) is 6.04 Å². The van der Waals surface area contributed by atoms with Gasteiger partial charge in [-0.1, -0.05) is 41.3 Å². The van der Waals surface area contributed by atoms with Crippen LogP contribution in [0.15, 0.2) is 22.7 Å². The quantitative estimate of drug-likeness (QED) is 0.891. The van der Waals surface area contributed by atoms with Crippen molar-refractivity contribution in [3.05, 3.63) is 45.5 Å².